The third-order valence-corrected chi connectivity index (χ3v) is 3.61. The van der Waals surface area contributed by atoms with E-state index in [1.165, 1.54) is 0 Å². The quantitative estimate of drug-likeness (QED) is 0.692. The fourth-order valence-electron chi connectivity index (χ4n) is 2.43. The number of morpholine rings is 1. The first-order valence-electron chi connectivity index (χ1n) is 6.62. The number of rotatable bonds is 4. The van der Waals surface area contributed by atoms with E-state index in [0.717, 1.165) is 45.8 Å². The molecule has 0 saturated carbocycles. The lowest BCUT2D eigenvalue weighted by atomic mass is 10.1. The van der Waals surface area contributed by atoms with Gasteiger partial charge in [-0.05, 0) is 19.5 Å². The molecule has 1 amide bonds. The number of hydrogen-bond acceptors (Lipinski definition) is 4. The van der Waals surface area contributed by atoms with Gasteiger partial charge in [0, 0.05) is 26.2 Å². The van der Waals surface area contributed by atoms with Gasteiger partial charge in [-0.1, -0.05) is 6.92 Å². The van der Waals surface area contributed by atoms with Crippen molar-refractivity contribution in [3.05, 3.63) is 0 Å². The highest BCUT2D eigenvalue weighted by atomic mass is 16.5. The molecule has 17 heavy (non-hydrogen) atoms. The first kappa shape index (κ1) is 12.8. The fourth-order valence-corrected chi connectivity index (χ4v) is 2.43. The van der Waals surface area contributed by atoms with Gasteiger partial charge in [0.15, 0.2) is 0 Å². The molecule has 0 bridgehead atoms. The van der Waals surface area contributed by atoms with E-state index in [1.807, 2.05) is 0 Å². The van der Waals surface area contributed by atoms with E-state index in [9.17, 15) is 4.79 Å². The Morgan fingerprint density at radius 3 is 3.18 bits per heavy atom. The molecule has 0 spiro atoms. The van der Waals surface area contributed by atoms with Gasteiger partial charge in [-0.25, -0.2) is 0 Å². The molecule has 0 aliphatic carbocycles. The number of nitrogens with zero attached hydrogens (tertiary/aromatic N) is 1. The average Bonchev–Trinajstić information content (AvgIpc) is 2.90. The number of hydrogen-bond donors (Lipinski definition) is 2. The lowest BCUT2D eigenvalue weighted by Crippen LogP contribution is -2.48. The second-order valence-corrected chi connectivity index (χ2v) is 4.82. The van der Waals surface area contributed by atoms with Crippen LogP contribution in [0.25, 0.3) is 0 Å². The summed E-state index contributed by atoms with van der Waals surface area (Å²) in [6.45, 7) is 8.35. The summed E-state index contributed by atoms with van der Waals surface area (Å²) in [6, 6.07) is 0. The molecule has 2 aliphatic rings. The summed E-state index contributed by atoms with van der Waals surface area (Å²) in [5.41, 5.74) is 0. The first-order valence-corrected chi connectivity index (χ1v) is 6.62. The zero-order chi connectivity index (χ0) is 12.1. The molecule has 2 unspecified atom stereocenters. The van der Waals surface area contributed by atoms with Crippen LogP contribution in [0.1, 0.15) is 13.3 Å². The van der Waals surface area contributed by atoms with Crippen molar-refractivity contribution < 1.29 is 9.53 Å². The van der Waals surface area contributed by atoms with Gasteiger partial charge in [0.05, 0.1) is 18.6 Å². The third-order valence-electron chi connectivity index (χ3n) is 3.61. The van der Waals surface area contributed by atoms with E-state index in [0.29, 0.717) is 6.54 Å². The lowest BCUT2D eigenvalue weighted by Gasteiger charge is -2.32. The summed E-state index contributed by atoms with van der Waals surface area (Å²) in [5.74, 6) is 0.327. The molecular formula is C12H23N3O2. The van der Waals surface area contributed by atoms with E-state index in [4.69, 9.17) is 4.74 Å². The minimum atomic E-state index is 0.154. The van der Waals surface area contributed by atoms with E-state index in [-0.39, 0.29) is 17.9 Å². The summed E-state index contributed by atoms with van der Waals surface area (Å²) in [4.78, 5) is 14.2. The predicted octanol–water partition coefficient (Wildman–Crippen LogP) is -0.567. The molecule has 2 fully saturated rings. The molecule has 5 nitrogen and oxygen atoms in total. The molecule has 2 atom stereocenters. The second-order valence-electron chi connectivity index (χ2n) is 4.82. The molecule has 5 heteroatoms. The van der Waals surface area contributed by atoms with E-state index >= 15 is 0 Å². The minimum absolute atomic E-state index is 0.154. The molecule has 2 saturated heterocycles. The maximum atomic E-state index is 11.8. The van der Waals surface area contributed by atoms with Crippen molar-refractivity contribution in [3.63, 3.8) is 0 Å². The maximum Gasteiger partial charge on any atom is 0.224 e. The molecule has 0 aromatic carbocycles. The highest BCUT2D eigenvalue weighted by Gasteiger charge is 2.24. The van der Waals surface area contributed by atoms with Crippen molar-refractivity contribution in [2.45, 2.75) is 19.4 Å². The summed E-state index contributed by atoms with van der Waals surface area (Å²) in [7, 11) is 0. The largest absolute Gasteiger partial charge is 0.374 e. The number of carbonyl (C=O) groups is 1. The Bertz CT molecular complexity index is 254. The van der Waals surface area contributed by atoms with Crippen LogP contribution in [-0.4, -0.2) is 62.8 Å². The first-order chi connectivity index (χ1) is 8.29. The zero-order valence-corrected chi connectivity index (χ0v) is 10.6. The Morgan fingerprint density at radius 2 is 2.47 bits per heavy atom. The third kappa shape index (κ3) is 3.66. The standard InChI is InChI=1S/C12H23N3O2/c1-2-15-5-6-17-11(9-15)8-14-12(16)10-3-4-13-7-10/h10-11,13H,2-9H2,1H3,(H,14,16). The Balaban J connectivity index is 1.68. The van der Waals surface area contributed by atoms with E-state index < -0.39 is 0 Å². The predicted molar refractivity (Wildman–Crippen MR) is 65.8 cm³/mol. The molecule has 2 aliphatic heterocycles. The van der Waals surface area contributed by atoms with Gasteiger partial charge in [-0.3, -0.25) is 9.69 Å². The van der Waals surface area contributed by atoms with Crippen LogP contribution in [0.4, 0.5) is 0 Å². The van der Waals surface area contributed by atoms with Crippen LogP contribution >= 0.6 is 0 Å². The van der Waals surface area contributed by atoms with Crippen LogP contribution < -0.4 is 10.6 Å². The van der Waals surface area contributed by atoms with E-state index in [2.05, 4.69) is 22.5 Å². The van der Waals surface area contributed by atoms with Gasteiger partial charge < -0.3 is 15.4 Å². The topological polar surface area (TPSA) is 53.6 Å². The summed E-state index contributed by atoms with van der Waals surface area (Å²) >= 11 is 0. The SMILES string of the molecule is CCN1CCOC(CNC(=O)C2CCNC2)C1. The lowest BCUT2D eigenvalue weighted by molar-refractivity contribution is -0.125. The maximum absolute atomic E-state index is 11.8. The molecule has 98 valence electrons. The van der Waals surface area contributed by atoms with Crippen LogP contribution in [0.15, 0.2) is 0 Å². The molecule has 2 N–H and O–H groups in total. The van der Waals surface area contributed by atoms with Crippen molar-refractivity contribution in [2.24, 2.45) is 5.92 Å². The monoisotopic (exact) mass is 241 g/mol. The van der Waals surface area contributed by atoms with Gasteiger partial charge in [-0.15, -0.1) is 0 Å². The normalized spacial score (nSPS) is 30.4. The average molecular weight is 241 g/mol. The van der Waals surface area contributed by atoms with Crippen molar-refractivity contribution in [1.82, 2.24) is 15.5 Å². The van der Waals surface area contributed by atoms with Crippen molar-refractivity contribution in [3.8, 4) is 0 Å². The Kier molecular flexibility index (Phi) is 4.76. The zero-order valence-electron chi connectivity index (χ0n) is 10.6. The van der Waals surface area contributed by atoms with Crippen LogP contribution in [0.3, 0.4) is 0 Å². The summed E-state index contributed by atoms with van der Waals surface area (Å²) < 4.78 is 5.65. The number of carbonyl (C=O) groups excluding carboxylic acids is 1. The van der Waals surface area contributed by atoms with Gasteiger partial charge in [-0.2, -0.15) is 0 Å². The Morgan fingerprint density at radius 1 is 1.59 bits per heavy atom. The number of likely N-dealkylation sites (N-methyl/N-ethyl adjacent to an activating group) is 1. The molecule has 2 rings (SSSR count). The highest BCUT2D eigenvalue weighted by Crippen LogP contribution is 2.08. The smallest absolute Gasteiger partial charge is 0.224 e. The van der Waals surface area contributed by atoms with Gasteiger partial charge in [0.25, 0.3) is 0 Å². The molecular weight excluding hydrogens is 218 g/mol. The Labute approximate surface area is 103 Å². The Hall–Kier alpha value is -0.650. The number of amides is 1. The second kappa shape index (κ2) is 6.33. The van der Waals surface area contributed by atoms with Crippen molar-refractivity contribution in [2.75, 3.05) is 45.9 Å². The van der Waals surface area contributed by atoms with Crippen molar-refractivity contribution >= 4 is 5.91 Å². The minimum Gasteiger partial charge on any atom is -0.374 e. The molecule has 0 aromatic heterocycles. The summed E-state index contributed by atoms with van der Waals surface area (Å²) in [5, 5.41) is 6.22. The number of ether oxygens (including phenoxy) is 1. The molecule has 0 aromatic rings. The summed E-state index contributed by atoms with van der Waals surface area (Å²) in [6.07, 6.45) is 1.11. The van der Waals surface area contributed by atoms with Crippen molar-refractivity contribution in [1.29, 1.82) is 0 Å². The van der Waals surface area contributed by atoms with E-state index in [1.54, 1.807) is 0 Å². The van der Waals surface area contributed by atoms with Crippen LogP contribution in [0.2, 0.25) is 0 Å². The van der Waals surface area contributed by atoms with Gasteiger partial charge >= 0.3 is 0 Å². The fraction of sp³-hybridized carbons (Fsp3) is 0.917. The molecule has 0 radical (unpaired) electrons. The van der Waals surface area contributed by atoms with Crippen LogP contribution in [0, 0.1) is 5.92 Å². The van der Waals surface area contributed by atoms with Crippen LogP contribution in [-0.2, 0) is 9.53 Å². The van der Waals surface area contributed by atoms with Gasteiger partial charge in [0.2, 0.25) is 5.91 Å². The van der Waals surface area contributed by atoms with Crippen LogP contribution in [0.5, 0.6) is 0 Å². The molecule has 2 heterocycles. The number of nitrogens with one attached hydrogen (secondary N) is 2. The van der Waals surface area contributed by atoms with Gasteiger partial charge in [0.1, 0.15) is 0 Å². The highest BCUT2D eigenvalue weighted by molar-refractivity contribution is 5.79.